The van der Waals surface area contributed by atoms with Crippen LogP contribution >= 0.6 is 35.0 Å². The first-order valence-electron chi connectivity index (χ1n) is 3.92. The standard InChI is InChI=1S/C8H6Cl2N2O2S/c9-3-1-4-7(15-2-12(4)11)6(10)5(3)8(13)14/h1H,2,11H2,(H,13,14). The Hall–Kier alpha value is -0.620. The number of hydrogen-bond donors (Lipinski definition) is 2. The molecule has 1 heterocycles. The highest BCUT2D eigenvalue weighted by molar-refractivity contribution is 8.00. The van der Waals surface area contributed by atoms with Crippen molar-refractivity contribution in [2.45, 2.75) is 4.90 Å². The summed E-state index contributed by atoms with van der Waals surface area (Å²) >= 11 is 13.2. The molecule has 0 spiro atoms. The molecule has 0 radical (unpaired) electrons. The Labute approximate surface area is 99.9 Å². The molecule has 2 rings (SSSR count). The van der Waals surface area contributed by atoms with Gasteiger partial charge in [0, 0.05) is 0 Å². The number of carbonyl (C=O) groups is 1. The van der Waals surface area contributed by atoms with E-state index in [4.69, 9.17) is 34.2 Å². The minimum absolute atomic E-state index is 0.0696. The summed E-state index contributed by atoms with van der Waals surface area (Å²) in [6, 6.07) is 1.52. The van der Waals surface area contributed by atoms with Crippen molar-refractivity contribution in [1.29, 1.82) is 0 Å². The summed E-state index contributed by atoms with van der Waals surface area (Å²) in [5, 5.41) is 10.7. The molecule has 3 N–H and O–H groups in total. The number of benzene rings is 1. The molecule has 0 aromatic heterocycles. The summed E-state index contributed by atoms with van der Waals surface area (Å²) in [5.41, 5.74) is 0.597. The van der Waals surface area contributed by atoms with Gasteiger partial charge >= 0.3 is 5.97 Å². The normalized spacial score (nSPS) is 14.2. The highest BCUT2D eigenvalue weighted by atomic mass is 35.5. The summed E-state index contributed by atoms with van der Waals surface area (Å²) < 4.78 is 0. The number of carboxylic acids is 1. The molecule has 0 saturated heterocycles. The molecule has 15 heavy (non-hydrogen) atoms. The molecule has 0 atom stereocenters. The number of nitrogens with two attached hydrogens (primary N) is 1. The first-order valence-corrected chi connectivity index (χ1v) is 5.67. The fourth-order valence-corrected chi connectivity index (χ4v) is 3.07. The predicted molar refractivity (Wildman–Crippen MR) is 60.8 cm³/mol. The number of thioether (sulfide) groups is 1. The van der Waals surface area contributed by atoms with Gasteiger partial charge in [-0.1, -0.05) is 35.0 Å². The smallest absolute Gasteiger partial charge is 0.338 e. The van der Waals surface area contributed by atoms with Crippen LogP contribution in [-0.2, 0) is 0 Å². The van der Waals surface area contributed by atoms with Crippen LogP contribution in [0.15, 0.2) is 11.0 Å². The molecule has 1 aromatic rings. The maximum absolute atomic E-state index is 10.9. The van der Waals surface area contributed by atoms with E-state index in [9.17, 15) is 4.79 Å². The topological polar surface area (TPSA) is 66.6 Å². The second-order valence-electron chi connectivity index (χ2n) is 2.94. The van der Waals surface area contributed by atoms with Crippen LogP contribution in [0.3, 0.4) is 0 Å². The number of nitrogens with zero attached hydrogens (tertiary/aromatic N) is 1. The number of fused-ring (bicyclic) bond motifs is 1. The number of hydrogen-bond acceptors (Lipinski definition) is 4. The van der Waals surface area contributed by atoms with Crippen molar-refractivity contribution in [3.63, 3.8) is 0 Å². The van der Waals surface area contributed by atoms with Crippen LogP contribution in [0.25, 0.3) is 0 Å². The average molecular weight is 265 g/mol. The van der Waals surface area contributed by atoms with Gasteiger partial charge in [0.2, 0.25) is 0 Å². The first-order chi connectivity index (χ1) is 7.02. The van der Waals surface area contributed by atoms with Gasteiger partial charge < -0.3 is 5.11 Å². The summed E-state index contributed by atoms with van der Waals surface area (Å²) in [4.78, 5) is 11.6. The number of carboxylic acid groups (broad SMARTS) is 1. The Morgan fingerprint density at radius 2 is 2.27 bits per heavy atom. The van der Waals surface area contributed by atoms with Crippen molar-refractivity contribution in [2.24, 2.45) is 5.84 Å². The van der Waals surface area contributed by atoms with Crippen molar-refractivity contribution in [2.75, 3.05) is 10.9 Å². The molecule has 0 aliphatic carbocycles. The van der Waals surface area contributed by atoms with Crippen LogP contribution in [0.2, 0.25) is 10.0 Å². The van der Waals surface area contributed by atoms with Crippen molar-refractivity contribution >= 4 is 46.6 Å². The van der Waals surface area contributed by atoms with E-state index >= 15 is 0 Å². The molecule has 1 aliphatic heterocycles. The summed E-state index contributed by atoms with van der Waals surface area (Å²) in [6.45, 7) is 0. The first kappa shape index (κ1) is 10.9. The highest BCUT2D eigenvalue weighted by Crippen LogP contribution is 2.45. The fraction of sp³-hybridized carbons (Fsp3) is 0.125. The lowest BCUT2D eigenvalue weighted by atomic mass is 10.2. The molecule has 0 bridgehead atoms. The molecule has 0 unspecified atom stereocenters. The molecule has 0 fully saturated rings. The van der Waals surface area contributed by atoms with Crippen LogP contribution in [0, 0.1) is 0 Å². The van der Waals surface area contributed by atoms with E-state index in [1.165, 1.54) is 22.8 Å². The van der Waals surface area contributed by atoms with E-state index < -0.39 is 5.97 Å². The SMILES string of the molecule is NN1CSc2c1cc(Cl)c(C(=O)O)c2Cl. The number of hydrazine groups is 1. The van der Waals surface area contributed by atoms with Crippen LogP contribution in [-0.4, -0.2) is 17.0 Å². The molecule has 0 saturated carbocycles. The van der Waals surface area contributed by atoms with E-state index in [-0.39, 0.29) is 15.6 Å². The molecule has 4 nitrogen and oxygen atoms in total. The van der Waals surface area contributed by atoms with Gasteiger partial charge in [0.25, 0.3) is 0 Å². The Bertz CT molecular complexity index is 453. The zero-order valence-electron chi connectivity index (χ0n) is 7.33. The highest BCUT2D eigenvalue weighted by Gasteiger charge is 2.26. The number of anilines is 1. The third-order valence-corrected chi connectivity index (χ3v) is 3.92. The molecular weight excluding hydrogens is 259 g/mol. The molecule has 80 valence electrons. The van der Waals surface area contributed by atoms with Crippen LogP contribution in [0.4, 0.5) is 5.69 Å². The van der Waals surface area contributed by atoms with Gasteiger partial charge in [-0.3, -0.25) is 5.01 Å². The predicted octanol–water partition coefficient (Wildman–Crippen LogP) is 2.43. The lowest BCUT2D eigenvalue weighted by Crippen LogP contribution is -2.26. The average Bonchev–Trinajstić information content (AvgIpc) is 2.47. The van der Waals surface area contributed by atoms with Gasteiger partial charge in [0.05, 0.1) is 32.1 Å². The molecule has 0 amide bonds. The summed E-state index contributed by atoms with van der Waals surface area (Å²) in [6.07, 6.45) is 0. The van der Waals surface area contributed by atoms with E-state index in [0.29, 0.717) is 16.5 Å². The van der Waals surface area contributed by atoms with Gasteiger partial charge in [0.1, 0.15) is 0 Å². The number of halogens is 2. The molecule has 1 aliphatic rings. The molecule has 7 heteroatoms. The van der Waals surface area contributed by atoms with Gasteiger partial charge in [-0.15, -0.1) is 0 Å². The zero-order valence-corrected chi connectivity index (χ0v) is 9.66. The van der Waals surface area contributed by atoms with E-state index in [2.05, 4.69) is 0 Å². The van der Waals surface area contributed by atoms with E-state index in [1.54, 1.807) is 0 Å². The Morgan fingerprint density at radius 3 is 2.87 bits per heavy atom. The van der Waals surface area contributed by atoms with Crippen molar-refractivity contribution < 1.29 is 9.90 Å². The zero-order chi connectivity index (χ0) is 11.2. The van der Waals surface area contributed by atoms with Crippen LogP contribution in [0.5, 0.6) is 0 Å². The van der Waals surface area contributed by atoms with Gasteiger partial charge in [-0.05, 0) is 6.07 Å². The fourth-order valence-electron chi connectivity index (χ4n) is 1.34. The monoisotopic (exact) mass is 264 g/mol. The van der Waals surface area contributed by atoms with Crippen molar-refractivity contribution in [3.05, 3.63) is 21.7 Å². The van der Waals surface area contributed by atoms with Gasteiger partial charge in [-0.2, -0.15) is 0 Å². The summed E-state index contributed by atoms with van der Waals surface area (Å²) in [5.74, 6) is 5.06. The third-order valence-electron chi connectivity index (χ3n) is 2.03. The van der Waals surface area contributed by atoms with Crippen molar-refractivity contribution in [3.8, 4) is 0 Å². The maximum Gasteiger partial charge on any atom is 0.338 e. The second-order valence-corrected chi connectivity index (χ2v) is 4.68. The Balaban J connectivity index is 2.69. The number of aromatic carboxylic acids is 1. The summed E-state index contributed by atoms with van der Waals surface area (Å²) in [7, 11) is 0. The van der Waals surface area contributed by atoms with E-state index in [1.807, 2.05) is 0 Å². The largest absolute Gasteiger partial charge is 0.478 e. The number of rotatable bonds is 1. The van der Waals surface area contributed by atoms with Crippen LogP contribution < -0.4 is 10.9 Å². The quantitative estimate of drug-likeness (QED) is 0.763. The second kappa shape index (κ2) is 3.75. The van der Waals surface area contributed by atoms with Gasteiger partial charge in [0.15, 0.2) is 0 Å². The lowest BCUT2D eigenvalue weighted by Gasteiger charge is -2.12. The third kappa shape index (κ3) is 1.65. The Morgan fingerprint density at radius 1 is 1.60 bits per heavy atom. The van der Waals surface area contributed by atoms with Crippen molar-refractivity contribution in [1.82, 2.24) is 0 Å². The molecular formula is C8H6Cl2N2O2S. The van der Waals surface area contributed by atoms with Crippen LogP contribution in [0.1, 0.15) is 10.4 Å². The van der Waals surface area contributed by atoms with Gasteiger partial charge in [-0.25, -0.2) is 10.6 Å². The maximum atomic E-state index is 10.9. The minimum atomic E-state index is -1.14. The van der Waals surface area contributed by atoms with E-state index in [0.717, 1.165) is 0 Å². The minimum Gasteiger partial charge on any atom is -0.478 e. The Kier molecular flexibility index (Phi) is 2.72. The lowest BCUT2D eigenvalue weighted by molar-refractivity contribution is 0.0697. The molecule has 1 aromatic carbocycles.